The van der Waals surface area contributed by atoms with E-state index in [1.54, 1.807) is 41.2 Å². The molecule has 0 aromatic heterocycles. The zero-order valence-corrected chi connectivity index (χ0v) is 69.6. The summed E-state index contributed by atoms with van der Waals surface area (Å²) in [6.45, 7) is 6.00. The van der Waals surface area contributed by atoms with Crippen molar-refractivity contribution in [2.45, 2.75) is 140 Å². The number of anilines is 3. The second-order valence-corrected chi connectivity index (χ2v) is 30.4. The summed E-state index contributed by atoms with van der Waals surface area (Å²) in [5.41, 5.74) is 8.15. The average Bonchev–Trinajstić information content (AvgIpc) is 1.57. The van der Waals surface area contributed by atoms with Crippen molar-refractivity contribution in [3.63, 3.8) is 0 Å². The van der Waals surface area contributed by atoms with Gasteiger partial charge in [-0.05, 0) is 132 Å². The Morgan fingerprint density at radius 2 is 1.21 bits per heavy atom. The highest BCUT2D eigenvalue weighted by Gasteiger charge is 2.57. The van der Waals surface area contributed by atoms with Crippen LogP contribution in [0.15, 0.2) is 121 Å². The monoisotopic (exact) mass is 1690 g/mol. The first-order valence-electron chi connectivity index (χ1n) is 40.8. The minimum Gasteiger partial charge on any atom is -0.497 e. The molecule has 5 amide bonds. The lowest BCUT2D eigenvalue weighted by molar-refractivity contribution is -0.282. The topological polar surface area (TPSA) is 366 Å². The molecule has 2 saturated heterocycles. The minimum atomic E-state index is -1.84. The molecule has 2 aliphatic carbocycles. The lowest BCUT2D eigenvalue weighted by atomic mass is 9.87. The summed E-state index contributed by atoms with van der Waals surface area (Å²) in [5, 5.41) is 9.02. The van der Waals surface area contributed by atoms with E-state index in [4.69, 9.17) is 85.3 Å². The molecule has 33 nitrogen and oxygen atoms in total. The summed E-state index contributed by atoms with van der Waals surface area (Å²) in [6.07, 6.45) is -3.95. The summed E-state index contributed by atoms with van der Waals surface area (Å²) in [7, 11) is 7.11. The zero-order chi connectivity index (χ0) is 86.0. The average molecular weight is 1690 g/mol. The smallest absolute Gasteiger partial charge is 0.416 e. The fourth-order valence-electron chi connectivity index (χ4n) is 16.2. The van der Waals surface area contributed by atoms with Crippen LogP contribution in [0.2, 0.25) is 0 Å². The molecule has 5 heterocycles. The number of ether oxygens (including phenoxy) is 18. The van der Waals surface area contributed by atoms with Crippen LogP contribution in [0.25, 0.3) is 16.7 Å². The number of unbranched alkanes of at least 4 members (excludes halogenated alkanes) is 2. The lowest BCUT2D eigenvalue weighted by Crippen LogP contribution is -2.64. The maximum Gasteiger partial charge on any atom is 0.416 e. The van der Waals surface area contributed by atoms with E-state index in [-0.39, 0.29) is 148 Å². The molecule has 3 N–H and O–H groups in total. The van der Waals surface area contributed by atoms with Gasteiger partial charge in [-0.25, -0.2) is 19.3 Å². The molecule has 6 aromatic rings. The number of amides is 5. The van der Waals surface area contributed by atoms with Crippen LogP contribution in [0.1, 0.15) is 127 Å². The number of esters is 4. The van der Waals surface area contributed by atoms with Crippen LogP contribution < -0.4 is 49.3 Å². The summed E-state index contributed by atoms with van der Waals surface area (Å²) >= 11 is 0. The fraction of sp³-hybridized carbons (Fsp3) is 0.472. The van der Waals surface area contributed by atoms with Crippen LogP contribution in [0.5, 0.6) is 34.5 Å². The lowest BCUT2D eigenvalue weighted by Gasteiger charge is -2.43. The van der Waals surface area contributed by atoms with Gasteiger partial charge >= 0.3 is 36.1 Å². The maximum atomic E-state index is 15.3. The van der Waals surface area contributed by atoms with Crippen LogP contribution in [0.3, 0.4) is 0 Å². The fourth-order valence-corrected chi connectivity index (χ4v) is 16.2. The van der Waals surface area contributed by atoms with Gasteiger partial charge in [0.1, 0.15) is 24.7 Å². The van der Waals surface area contributed by atoms with Crippen molar-refractivity contribution in [1.29, 1.82) is 0 Å². The summed E-state index contributed by atoms with van der Waals surface area (Å²) < 4.78 is 105. The molecule has 3 fully saturated rings. The number of carbonyl (C=O) groups excluding carboxylic acids is 9. The predicted octanol–water partition coefficient (Wildman–Crippen LogP) is 10.5. The first-order valence-corrected chi connectivity index (χ1v) is 40.8. The largest absolute Gasteiger partial charge is 0.497 e. The van der Waals surface area contributed by atoms with E-state index in [1.807, 2.05) is 54.7 Å². The standard InChI is InChI=1S/C89H104N6O27/c1-53(96)118-78-79(119-54(2)97)81(120-55(3)98)86(122-80(78)85(102)109-8)121-72-25-20-56(42-69(72)92-77(99)26-34-110-36-38-112-40-41-113-39-37-111-35-30-90-87(103)116-52-67-63-18-12-10-16-61(63)62-17-11-13-19-64(62)67)51-117-88(104)95-70-47-76(74(107-6)45-66(70)83(101)93-31-29-89(27-28-89)48-71(93)84(95)108-7)115-33-15-9-14-32-114-75-46-68-65(44-73(75)106-5)82(100)94-50-58(43-59(94)49-91-68)57-21-23-60(105-4)24-22-57/h10-13,16-25,42,44-47,50,59,67,71,78-81,84,86,91H,9,14-15,26-41,43,48-49,51-52H2,1-8H3,(H,90,103)(H,92,99)/t59-,71-,78-,79-,80-,81+,84-,86+/m0/s1. The zero-order valence-electron chi connectivity index (χ0n) is 69.6. The molecule has 13 rings (SSSR count). The number of rotatable bonds is 39. The number of piperidine rings is 1. The highest BCUT2D eigenvalue weighted by atomic mass is 16.7. The number of nitrogens with zero attached hydrogens (tertiary/aromatic N) is 3. The van der Waals surface area contributed by atoms with E-state index in [0.717, 1.165) is 86.3 Å². The first kappa shape index (κ1) is 88.0. The van der Waals surface area contributed by atoms with Gasteiger partial charge in [0.2, 0.25) is 18.3 Å². The Balaban J connectivity index is 0.634. The van der Waals surface area contributed by atoms with Crippen LogP contribution in [-0.2, 0) is 87.4 Å². The van der Waals surface area contributed by atoms with Crippen LogP contribution in [-0.4, -0.2) is 240 Å². The molecule has 0 bridgehead atoms. The Bertz CT molecular complexity index is 4740. The first-order chi connectivity index (χ1) is 59.2. The van der Waals surface area contributed by atoms with Gasteiger partial charge in [0.25, 0.3) is 11.8 Å². The number of hydrogen-bond donors (Lipinski definition) is 3. The van der Waals surface area contributed by atoms with Gasteiger partial charge in [0.05, 0.1) is 141 Å². The third kappa shape index (κ3) is 21.2. The van der Waals surface area contributed by atoms with Crippen molar-refractivity contribution in [1.82, 2.24) is 15.1 Å². The molecule has 0 radical (unpaired) electrons. The second-order valence-electron chi connectivity index (χ2n) is 30.4. The van der Waals surface area contributed by atoms with E-state index in [0.29, 0.717) is 74.6 Å². The Morgan fingerprint density at radius 3 is 1.84 bits per heavy atom. The van der Waals surface area contributed by atoms with Crippen molar-refractivity contribution >= 4 is 76.4 Å². The Hall–Kier alpha value is -11.8. The van der Waals surface area contributed by atoms with Crippen molar-refractivity contribution in [3.05, 3.63) is 155 Å². The minimum absolute atomic E-state index is 0.0420. The van der Waals surface area contributed by atoms with Gasteiger partial charge < -0.3 is 111 Å². The van der Waals surface area contributed by atoms with Gasteiger partial charge in [-0.15, -0.1) is 0 Å². The third-order valence-electron chi connectivity index (χ3n) is 22.3. The molecular weight excluding hydrogens is 1580 g/mol. The van der Waals surface area contributed by atoms with Crippen LogP contribution in [0, 0.1) is 5.41 Å². The normalized spacial score (nSPS) is 20.1. The van der Waals surface area contributed by atoms with Crippen molar-refractivity contribution in [3.8, 4) is 45.6 Å². The van der Waals surface area contributed by atoms with Gasteiger partial charge in [-0.2, -0.15) is 0 Å². The maximum absolute atomic E-state index is 15.3. The van der Waals surface area contributed by atoms with Gasteiger partial charge in [0, 0.05) is 71.8 Å². The molecule has 0 unspecified atom stereocenters. The number of hydrogen-bond acceptors (Lipinski definition) is 28. The van der Waals surface area contributed by atoms with E-state index in [2.05, 4.69) is 40.2 Å². The van der Waals surface area contributed by atoms with Crippen molar-refractivity contribution < 1.29 is 128 Å². The quantitative estimate of drug-likeness (QED) is 0.0183. The van der Waals surface area contributed by atoms with Crippen molar-refractivity contribution in [2.75, 3.05) is 143 Å². The molecule has 6 aromatic carbocycles. The summed E-state index contributed by atoms with van der Waals surface area (Å²) in [4.78, 5) is 127. The Kier molecular flexibility index (Phi) is 29.7. The van der Waals surface area contributed by atoms with E-state index in [1.165, 1.54) is 44.4 Å². The predicted molar refractivity (Wildman–Crippen MR) is 438 cm³/mol. The number of nitrogens with one attached hydrogen (secondary N) is 3. The van der Waals surface area contributed by atoms with E-state index in [9.17, 15) is 33.6 Å². The third-order valence-corrected chi connectivity index (χ3v) is 22.3. The molecule has 1 saturated carbocycles. The van der Waals surface area contributed by atoms with Crippen LogP contribution >= 0.6 is 0 Å². The number of carbonyl (C=O) groups is 9. The number of benzene rings is 6. The van der Waals surface area contributed by atoms with Gasteiger partial charge in [-0.3, -0.25) is 28.8 Å². The molecule has 122 heavy (non-hydrogen) atoms. The van der Waals surface area contributed by atoms with Crippen LogP contribution in [0.4, 0.5) is 26.7 Å². The Labute approximate surface area is 706 Å². The molecule has 1 spiro atoms. The molecule has 33 heteroatoms. The van der Waals surface area contributed by atoms with Gasteiger partial charge in [0.15, 0.2) is 47.5 Å². The molecule has 5 aliphatic heterocycles. The van der Waals surface area contributed by atoms with Gasteiger partial charge in [-0.1, -0.05) is 66.7 Å². The summed E-state index contributed by atoms with van der Waals surface area (Å²) in [5.74, 6) is -3.05. The molecule has 7 aliphatic rings. The second kappa shape index (κ2) is 41.2. The number of alkyl carbamates (subject to hydrolysis) is 1. The van der Waals surface area contributed by atoms with E-state index >= 15 is 9.59 Å². The van der Waals surface area contributed by atoms with E-state index < -0.39 is 91.6 Å². The highest BCUT2D eigenvalue weighted by Crippen LogP contribution is 2.57. The molecular formula is C89H104N6O27. The number of fused-ring (bicyclic) bond motifs is 7. The molecule has 8 atom stereocenters. The number of methoxy groups -OCH3 is 5. The summed E-state index contributed by atoms with van der Waals surface area (Å²) in [6, 6.07) is 34.3. The molecule has 652 valence electrons. The SMILES string of the molecule is COC(=O)[C@H]1O[C@@H](Oc2ccc(COC(=O)N3c4cc(OCCCCCOc5cc6c(cc5OC)C(=O)N5C=C(c7ccc(OC)cc7)C[C@H]5CN6)c(OC)cc4C(=O)N4CCC5(CC5)C[C@H]4[C@@H]3OC)cc2NC(=O)CCOCCOCCOCCOCCNC(=O)OCC2c3ccccc3-c3ccccc32)[C@H](OC(C)=O)[C@@H](OC(C)=O)[C@@H]1OC(C)=O. The Morgan fingerprint density at radius 1 is 0.590 bits per heavy atom. The van der Waals surface area contributed by atoms with Crippen molar-refractivity contribution in [2.24, 2.45) is 5.41 Å². The highest BCUT2D eigenvalue weighted by molar-refractivity contribution is 6.06.